The molecule has 1 fully saturated rings. The summed E-state index contributed by atoms with van der Waals surface area (Å²) >= 11 is 0. The summed E-state index contributed by atoms with van der Waals surface area (Å²) in [6.07, 6.45) is 7.79. The van der Waals surface area contributed by atoms with E-state index in [1.54, 1.807) is 0 Å². The first-order valence-corrected chi connectivity index (χ1v) is 6.69. The third-order valence-corrected chi connectivity index (χ3v) is 3.00. The van der Waals surface area contributed by atoms with Crippen molar-refractivity contribution in [3.63, 3.8) is 0 Å². The molecule has 2 nitrogen and oxygen atoms in total. The summed E-state index contributed by atoms with van der Waals surface area (Å²) in [5.41, 5.74) is 0. The van der Waals surface area contributed by atoms with Crippen LogP contribution in [0.3, 0.4) is 0 Å². The molecule has 1 rings (SSSR count). The van der Waals surface area contributed by atoms with Crippen molar-refractivity contribution in [2.24, 2.45) is 5.92 Å². The SMILES string of the molecule is CCCNC(CCCOCCC)C1CC1. The third-order valence-electron chi connectivity index (χ3n) is 3.00. The van der Waals surface area contributed by atoms with Crippen molar-refractivity contribution >= 4 is 0 Å². The maximum atomic E-state index is 5.51. The molecule has 1 N–H and O–H groups in total. The summed E-state index contributed by atoms with van der Waals surface area (Å²) in [7, 11) is 0. The van der Waals surface area contributed by atoms with Gasteiger partial charge in [0.15, 0.2) is 0 Å². The van der Waals surface area contributed by atoms with Gasteiger partial charge < -0.3 is 10.1 Å². The second-order valence-electron chi connectivity index (χ2n) is 4.65. The lowest BCUT2D eigenvalue weighted by molar-refractivity contribution is 0.128. The molecule has 2 heteroatoms. The van der Waals surface area contributed by atoms with Crippen LogP contribution in [0.2, 0.25) is 0 Å². The highest BCUT2D eigenvalue weighted by atomic mass is 16.5. The molecule has 0 aromatic carbocycles. The van der Waals surface area contributed by atoms with E-state index >= 15 is 0 Å². The Balaban J connectivity index is 1.98. The summed E-state index contributed by atoms with van der Waals surface area (Å²) in [5.74, 6) is 0.975. The Labute approximate surface area is 94.8 Å². The second-order valence-corrected chi connectivity index (χ2v) is 4.65. The Morgan fingerprint density at radius 1 is 1.20 bits per heavy atom. The summed E-state index contributed by atoms with van der Waals surface area (Å²) in [4.78, 5) is 0. The van der Waals surface area contributed by atoms with Gasteiger partial charge in [0.25, 0.3) is 0 Å². The highest BCUT2D eigenvalue weighted by molar-refractivity contribution is 4.86. The first kappa shape index (κ1) is 13.0. The van der Waals surface area contributed by atoms with Gasteiger partial charge in [-0.15, -0.1) is 0 Å². The van der Waals surface area contributed by atoms with Gasteiger partial charge >= 0.3 is 0 Å². The molecule has 0 amide bonds. The maximum Gasteiger partial charge on any atom is 0.0466 e. The van der Waals surface area contributed by atoms with Crippen molar-refractivity contribution in [2.75, 3.05) is 19.8 Å². The maximum absolute atomic E-state index is 5.51. The van der Waals surface area contributed by atoms with Gasteiger partial charge in [0.05, 0.1) is 0 Å². The molecular formula is C13H27NO. The van der Waals surface area contributed by atoms with Crippen LogP contribution in [-0.4, -0.2) is 25.8 Å². The quantitative estimate of drug-likeness (QED) is 0.563. The number of rotatable bonds is 10. The first-order chi connectivity index (χ1) is 7.38. The second kappa shape index (κ2) is 8.12. The molecule has 0 bridgehead atoms. The molecule has 90 valence electrons. The van der Waals surface area contributed by atoms with E-state index in [0.29, 0.717) is 0 Å². The van der Waals surface area contributed by atoms with Crippen LogP contribution in [0.15, 0.2) is 0 Å². The Bertz CT molecular complexity index is 145. The topological polar surface area (TPSA) is 21.3 Å². The lowest BCUT2D eigenvalue weighted by atomic mass is 10.1. The molecule has 0 aromatic rings. The summed E-state index contributed by atoms with van der Waals surface area (Å²) in [6.45, 7) is 7.45. The van der Waals surface area contributed by atoms with Gasteiger partial charge in [-0.2, -0.15) is 0 Å². The van der Waals surface area contributed by atoms with Gasteiger partial charge in [0, 0.05) is 19.3 Å². The Morgan fingerprint density at radius 3 is 2.60 bits per heavy atom. The number of ether oxygens (including phenoxy) is 1. The summed E-state index contributed by atoms with van der Waals surface area (Å²) in [5, 5.41) is 3.67. The molecule has 1 saturated carbocycles. The average Bonchev–Trinajstić information content (AvgIpc) is 3.06. The van der Waals surface area contributed by atoms with E-state index in [2.05, 4.69) is 19.2 Å². The van der Waals surface area contributed by atoms with Crippen molar-refractivity contribution in [1.29, 1.82) is 0 Å². The van der Waals surface area contributed by atoms with Crippen molar-refractivity contribution in [3.05, 3.63) is 0 Å². The minimum Gasteiger partial charge on any atom is -0.381 e. The minimum absolute atomic E-state index is 0.773. The normalized spacial score (nSPS) is 18.0. The molecule has 0 aliphatic heterocycles. The Kier molecular flexibility index (Phi) is 7.03. The molecule has 1 aliphatic carbocycles. The van der Waals surface area contributed by atoms with Crippen LogP contribution in [-0.2, 0) is 4.74 Å². The number of hydrogen-bond donors (Lipinski definition) is 1. The molecule has 1 atom stereocenters. The van der Waals surface area contributed by atoms with Crippen molar-refractivity contribution in [2.45, 2.75) is 58.4 Å². The third kappa shape index (κ3) is 6.16. The van der Waals surface area contributed by atoms with Gasteiger partial charge in [-0.05, 0) is 51.0 Å². The predicted octanol–water partition coefficient (Wildman–Crippen LogP) is 2.97. The molecule has 0 aromatic heterocycles. The summed E-state index contributed by atoms with van der Waals surface area (Å²) in [6, 6.07) is 0.773. The van der Waals surface area contributed by atoms with Crippen molar-refractivity contribution in [3.8, 4) is 0 Å². The highest BCUT2D eigenvalue weighted by Gasteiger charge is 2.29. The molecule has 1 unspecified atom stereocenters. The largest absolute Gasteiger partial charge is 0.381 e. The summed E-state index contributed by atoms with van der Waals surface area (Å²) < 4.78 is 5.51. The molecule has 0 heterocycles. The fourth-order valence-electron chi connectivity index (χ4n) is 1.98. The van der Waals surface area contributed by atoms with Crippen LogP contribution in [0.25, 0.3) is 0 Å². The zero-order valence-corrected chi connectivity index (χ0v) is 10.4. The van der Waals surface area contributed by atoms with Crippen LogP contribution in [0.1, 0.15) is 52.4 Å². The van der Waals surface area contributed by atoms with E-state index in [1.165, 1.54) is 38.6 Å². The molecule has 0 saturated heterocycles. The van der Waals surface area contributed by atoms with E-state index < -0.39 is 0 Å². The zero-order valence-electron chi connectivity index (χ0n) is 10.4. The number of nitrogens with one attached hydrogen (secondary N) is 1. The molecule has 1 aliphatic rings. The highest BCUT2D eigenvalue weighted by Crippen LogP contribution is 2.34. The van der Waals surface area contributed by atoms with Crippen LogP contribution in [0.4, 0.5) is 0 Å². The molecule has 0 radical (unpaired) electrons. The van der Waals surface area contributed by atoms with E-state index in [-0.39, 0.29) is 0 Å². The lowest BCUT2D eigenvalue weighted by Gasteiger charge is -2.17. The average molecular weight is 213 g/mol. The van der Waals surface area contributed by atoms with Gasteiger partial charge in [-0.25, -0.2) is 0 Å². The lowest BCUT2D eigenvalue weighted by Crippen LogP contribution is -2.31. The van der Waals surface area contributed by atoms with Gasteiger partial charge in [-0.1, -0.05) is 13.8 Å². The minimum atomic E-state index is 0.773. The Hall–Kier alpha value is -0.0800. The van der Waals surface area contributed by atoms with E-state index in [4.69, 9.17) is 4.74 Å². The molecule has 0 spiro atoms. The van der Waals surface area contributed by atoms with E-state index in [9.17, 15) is 0 Å². The van der Waals surface area contributed by atoms with Crippen molar-refractivity contribution in [1.82, 2.24) is 5.32 Å². The zero-order chi connectivity index (χ0) is 10.9. The number of hydrogen-bond acceptors (Lipinski definition) is 2. The fourth-order valence-corrected chi connectivity index (χ4v) is 1.98. The standard InChI is InChI=1S/C13H27NO/c1-3-9-14-13(12-7-8-12)6-5-11-15-10-4-2/h12-14H,3-11H2,1-2H3. The van der Waals surface area contributed by atoms with Crippen molar-refractivity contribution < 1.29 is 4.74 Å². The van der Waals surface area contributed by atoms with Crippen LogP contribution >= 0.6 is 0 Å². The molecule has 15 heavy (non-hydrogen) atoms. The van der Waals surface area contributed by atoms with E-state index in [0.717, 1.165) is 31.6 Å². The van der Waals surface area contributed by atoms with Crippen LogP contribution in [0.5, 0.6) is 0 Å². The Morgan fingerprint density at radius 2 is 2.00 bits per heavy atom. The van der Waals surface area contributed by atoms with Gasteiger partial charge in [-0.3, -0.25) is 0 Å². The van der Waals surface area contributed by atoms with Crippen LogP contribution < -0.4 is 5.32 Å². The van der Waals surface area contributed by atoms with Gasteiger partial charge in [0.1, 0.15) is 0 Å². The molecular weight excluding hydrogens is 186 g/mol. The fraction of sp³-hybridized carbons (Fsp3) is 1.00. The monoisotopic (exact) mass is 213 g/mol. The van der Waals surface area contributed by atoms with E-state index in [1.807, 2.05) is 0 Å². The predicted molar refractivity (Wildman–Crippen MR) is 65.1 cm³/mol. The van der Waals surface area contributed by atoms with Crippen LogP contribution in [0, 0.1) is 5.92 Å². The van der Waals surface area contributed by atoms with Gasteiger partial charge in [0.2, 0.25) is 0 Å². The smallest absolute Gasteiger partial charge is 0.0466 e. The first-order valence-electron chi connectivity index (χ1n) is 6.69.